The average molecular weight is 345 g/mol. The summed E-state index contributed by atoms with van der Waals surface area (Å²) in [5.74, 6) is -1.37. The summed E-state index contributed by atoms with van der Waals surface area (Å²) in [6.07, 6.45) is 0.166. The molecule has 3 nitrogen and oxygen atoms in total. The summed E-state index contributed by atoms with van der Waals surface area (Å²) in [6.45, 7) is 3.22. The lowest BCUT2D eigenvalue weighted by Gasteiger charge is -2.25. The predicted molar refractivity (Wildman–Crippen MR) is 79.7 cm³/mol. The Bertz CT molecular complexity index is 517. The van der Waals surface area contributed by atoms with Crippen LogP contribution in [-0.2, 0) is 4.79 Å². The van der Waals surface area contributed by atoms with Crippen LogP contribution in [0.5, 0.6) is 0 Å². The van der Waals surface area contributed by atoms with Crippen molar-refractivity contribution < 1.29 is 9.90 Å². The van der Waals surface area contributed by atoms with Crippen LogP contribution in [0.15, 0.2) is 6.07 Å². The van der Waals surface area contributed by atoms with E-state index in [0.29, 0.717) is 10.6 Å². The SMILES string of the molecule is CC(CC(C)(N)C(=O)O)c1c(Cl)cc(Cl)c(Cl)c1Cl. The molecule has 2 atom stereocenters. The number of carboxylic acid groups (broad SMARTS) is 1. The predicted octanol–water partition coefficient (Wildman–Crippen LogP) is 4.60. The van der Waals surface area contributed by atoms with E-state index in [1.807, 2.05) is 0 Å². The van der Waals surface area contributed by atoms with Crippen molar-refractivity contribution in [1.29, 1.82) is 0 Å². The molecule has 0 radical (unpaired) electrons. The van der Waals surface area contributed by atoms with Gasteiger partial charge in [-0.3, -0.25) is 4.79 Å². The number of carboxylic acids is 1. The second kappa shape index (κ2) is 6.06. The maximum atomic E-state index is 11.0. The van der Waals surface area contributed by atoms with Gasteiger partial charge < -0.3 is 10.8 Å². The summed E-state index contributed by atoms with van der Waals surface area (Å²) in [7, 11) is 0. The van der Waals surface area contributed by atoms with Gasteiger partial charge in [0.2, 0.25) is 0 Å². The van der Waals surface area contributed by atoms with E-state index >= 15 is 0 Å². The van der Waals surface area contributed by atoms with Gasteiger partial charge in [0.25, 0.3) is 0 Å². The molecule has 0 aromatic heterocycles. The van der Waals surface area contributed by atoms with Crippen molar-refractivity contribution in [2.75, 3.05) is 0 Å². The van der Waals surface area contributed by atoms with E-state index in [4.69, 9.17) is 57.2 Å². The number of hydrogen-bond acceptors (Lipinski definition) is 2. The fraction of sp³-hybridized carbons (Fsp3) is 0.417. The standard InChI is InChI=1S/C12H13Cl4NO2/c1-5(4-12(2,17)11(18)19)8-6(13)3-7(14)9(15)10(8)16/h3,5H,4,17H2,1-2H3,(H,18,19). The maximum absolute atomic E-state index is 11.0. The Labute approximate surface area is 131 Å². The quantitative estimate of drug-likeness (QED) is 0.619. The van der Waals surface area contributed by atoms with Crippen LogP contribution in [0.1, 0.15) is 31.7 Å². The number of benzene rings is 1. The molecule has 0 spiro atoms. The summed E-state index contributed by atoms with van der Waals surface area (Å²) >= 11 is 24.0. The summed E-state index contributed by atoms with van der Waals surface area (Å²) in [6, 6.07) is 1.48. The van der Waals surface area contributed by atoms with E-state index < -0.39 is 11.5 Å². The van der Waals surface area contributed by atoms with Gasteiger partial charge >= 0.3 is 5.97 Å². The third-order valence-corrected chi connectivity index (χ3v) is 4.45. The molecule has 0 saturated carbocycles. The fourth-order valence-corrected chi connectivity index (χ4v) is 3.15. The zero-order chi connectivity index (χ0) is 15.0. The zero-order valence-electron chi connectivity index (χ0n) is 10.3. The molecule has 0 saturated heterocycles. The van der Waals surface area contributed by atoms with Crippen molar-refractivity contribution in [2.45, 2.75) is 31.7 Å². The highest BCUT2D eigenvalue weighted by atomic mass is 35.5. The van der Waals surface area contributed by atoms with Crippen LogP contribution in [0.3, 0.4) is 0 Å². The molecule has 1 rings (SSSR count). The van der Waals surface area contributed by atoms with E-state index in [9.17, 15) is 4.79 Å². The Balaban J connectivity index is 3.18. The monoisotopic (exact) mass is 343 g/mol. The molecule has 19 heavy (non-hydrogen) atoms. The number of aliphatic carboxylic acids is 1. The molecule has 0 heterocycles. The van der Waals surface area contributed by atoms with E-state index in [1.54, 1.807) is 6.92 Å². The molecule has 0 aliphatic heterocycles. The Morgan fingerprint density at radius 1 is 1.32 bits per heavy atom. The van der Waals surface area contributed by atoms with Gasteiger partial charge in [0, 0.05) is 5.02 Å². The van der Waals surface area contributed by atoms with Crippen LogP contribution in [0.25, 0.3) is 0 Å². The lowest BCUT2D eigenvalue weighted by molar-refractivity contribution is -0.143. The number of halogens is 4. The van der Waals surface area contributed by atoms with Crippen LogP contribution >= 0.6 is 46.4 Å². The Morgan fingerprint density at radius 2 is 1.84 bits per heavy atom. The van der Waals surface area contributed by atoms with Crippen LogP contribution in [0.4, 0.5) is 0 Å². The van der Waals surface area contributed by atoms with Crippen molar-refractivity contribution in [2.24, 2.45) is 5.73 Å². The fourth-order valence-electron chi connectivity index (χ4n) is 1.86. The molecule has 2 unspecified atom stereocenters. The average Bonchev–Trinajstić information content (AvgIpc) is 2.25. The van der Waals surface area contributed by atoms with Crippen molar-refractivity contribution in [1.82, 2.24) is 0 Å². The molecule has 0 aliphatic carbocycles. The van der Waals surface area contributed by atoms with Gasteiger partial charge in [0.15, 0.2) is 0 Å². The van der Waals surface area contributed by atoms with Crippen LogP contribution < -0.4 is 5.73 Å². The van der Waals surface area contributed by atoms with Crippen LogP contribution in [0.2, 0.25) is 20.1 Å². The number of rotatable bonds is 4. The second-order valence-corrected chi connectivity index (χ2v) is 6.28. The molecule has 106 valence electrons. The molecule has 0 aliphatic rings. The van der Waals surface area contributed by atoms with E-state index in [1.165, 1.54) is 13.0 Å². The van der Waals surface area contributed by atoms with E-state index in [2.05, 4.69) is 0 Å². The van der Waals surface area contributed by atoms with Gasteiger partial charge in [-0.2, -0.15) is 0 Å². The zero-order valence-corrected chi connectivity index (χ0v) is 13.3. The molecule has 0 bridgehead atoms. The summed E-state index contributed by atoms with van der Waals surface area (Å²) in [5.41, 5.74) is 4.90. The van der Waals surface area contributed by atoms with Crippen LogP contribution in [0, 0.1) is 0 Å². The minimum atomic E-state index is -1.38. The van der Waals surface area contributed by atoms with Crippen molar-refractivity contribution >= 4 is 52.4 Å². The number of nitrogens with two attached hydrogens (primary N) is 1. The first-order valence-electron chi connectivity index (χ1n) is 5.43. The third-order valence-electron chi connectivity index (χ3n) is 2.86. The lowest BCUT2D eigenvalue weighted by atomic mass is 9.86. The van der Waals surface area contributed by atoms with Crippen molar-refractivity contribution in [3.63, 3.8) is 0 Å². The molecular formula is C12H13Cl4NO2. The van der Waals surface area contributed by atoms with Gasteiger partial charge in [-0.25, -0.2) is 0 Å². The molecular weight excluding hydrogens is 332 g/mol. The Morgan fingerprint density at radius 3 is 2.32 bits per heavy atom. The second-order valence-electron chi connectivity index (χ2n) is 4.71. The normalized spacial score (nSPS) is 15.9. The molecule has 1 aromatic carbocycles. The highest BCUT2D eigenvalue weighted by molar-refractivity contribution is 6.49. The summed E-state index contributed by atoms with van der Waals surface area (Å²) in [4.78, 5) is 11.0. The Hall–Kier alpha value is -0.190. The smallest absolute Gasteiger partial charge is 0.323 e. The minimum Gasteiger partial charge on any atom is -0.480 e. The summed E-state index contributed by atoms with van der Waals surface area (Å²) in [5, 5.41) is 10.1. The van der Waals surface area contributed by atoms with Crippen molar-refractivity contribution in [3.8, 4) is 0 Å². The van der Waals surface area contributed by atoms with Crippen molar-refractivity contribution in [3.05, 3.63) is 31.7 Å². The first kappa shape index (κ1) is 16.9. The van der Waals surface area contributed by atoms with Gasteiger partial charge in [0.1, 0.15) is 5.54 Å². The van der Waals surface area contributed by atoms with Gasteiger partial charge in [0.05, 0.1) is 15.1 Å². The number of hydrogen-bond donors (Lipinski definition) is 2. The minimum absolute atomic E-state index is 0.166. The highest BCUT2D eigenvalue weighted by Gasteiger charge is 2.32. The summed E-state index contributed by atoms with van der Waals surface area (Å²) < 4.78 is 0. The van der Waals surface area contributed by atoms with Gasteiger partial charge in [-0.1, -0.05) is 53.3 Å². The molecule has 0 amide bonds. The molecule has 0 fully saturated rings. The molecule has 1 aromatic rings. The molecule has 7 heteroatoms. The Kier molecular flexibility index (Phi) is 5.38. The maximum Gasteiger partial charge on any atom is 0.323 e. The topological polar surface area (TPSA) is 63.3 Å². The molecule has 3 N–H and O–H groups in total. The first-order valence-corrected chi connectivity index (χ1v) is 6.94. The van der Waals surface area contributed by atoms with E-state index in [0.717, 1.165) is 0 Å². The largest absolute Gasteiger partial charge is 0.480 e. The van der Waals surface area contributed by atoms with E-state index in [-0.39, 0.29) is 27.4 Å². The van der Waals surface area contributed by atoms with Gasteiger partial charge in [-0.15, -0.1) is 0 Å². The van der Waals surface area contributed by atoms with Crippen LogP contribution in [-0.4, -0.2) is 16.6 Å². The highest BCUT2D eigenvalue weighted by Crippen LogP contribution is 2.42. The van der Waals surface area contributed by atoms with Gasteiger partial charge in [-0.05, 0) is 30.9 Å². The first-order chi connectivity index (χ1) is 8.58. The lowest BCUT2D eigenvalue weighted by Crippen LogP contribution is -2.45. The third kappa shape index (κ3) is 3.67. The number of carbonyl (C=O) groups is 1.